The molecule has 3 rings (SSSR count). The minimum Gasteiger partial charge on any atom is -0.360 e. The maximum Gasteiger partial charge on any atom is 0.235 e. The van der Waals surface area contributed by atoms with Gasteiger partial charge in [0.25, 0.3) is 0 Å². The molecular weight excluding hydrogens is 388 g/mol. The van der Waals surface area contributed by atoms with Gasteiger partial charge >= 0.3 is 0 Å². The average molecular weight is 417 g/mol. The first-order valence-electron chi connectivity index (χ1n) is 9.90. The topological polar surface area (TPSA) is 87.5 Å². The SMILES string of the molecule is Cc1cc(NC(=O)CSCC(=O)Nc2ccc(CN3CCC[C@H](C)C3)cc2)no1. The van der Waals surface area contributed by atoms with Crippen LogP contribution in [0, 0.1) is 12.8 Å². The fourth-order valence-corrected chi connectivity index (χ4v) is 4.04. The summed E-state index contributed by atoms with van der Waals surface area (Å²) in [5.74, 6) is 1.82. The van der Waals surface area contributed by atoms with Gasteiger partial charge < -0.3 is 15.2 Å². The second kappa shape index (κ2) is 10.5. The molecule has 0 aliphatic carbocycles. The fourth-order valence-electron chi connectivity index (χ4n) is 3.42. The van der Waals surface area contributed by atoms with E-state index in [4.69, 9.17) is 4.52 Å². The number of carbonyl (C=O) groups is 2. The molecule has 8 heteroatoms. The molecule has 156 valence electrons. The van der Waals surface area contributed by atoms with E-state index in [-0.39, 0.29) is 23.3 Å². The number of nitrogens with zero attached hydrogens (tertiary/aromatic N) is 2. The zero-order valence-corrected chi connectivity index (χ0v) is 17.8. The Balaban J connectivity index is 1.36. The normalized spacial score (nSPS) is 17.1. The highest BCUT2D eigenvalue weighted by atomic mass is 32.2. The van der Waals surface area contributed by atoms with E-state index in [9.17, 15) is 9.59 Å². The van der Waals surface area contributed by atoms with E-state index in [0.717, 1.165) is 31.2 Å². The van der Waals surface area contributed by atoms with Crippen molar-refractivity contribution in [3.8, 4) is 0 Å². The van der Waals surface area contributed by atoms with Crippen molar-refractivity contribution < 1.29 is 14.1 Å². The Morgan fingerprint density at radius 1 is 1.21 bits per heavy atom. The number of piperidine rings is 1. The number of benzene rings is 1. The number of amides is 2. The molecule has 29 heavy (non-hydrogen) atoms. The van der Waals surface area contributed by atoms with Gasteiger partial charge in [0, 0.05) is 24.8 Å². The number of carbonyl (C=O) groups excluding carboxylic acids is 2. The maximum absolute atomic E-state index is 12.1. The summed E-state index contributed by atoms with van der Waals surface area (Å²) < 4.78 is 4.89. The minimum atomic E-state index is -0.215. The molecular formula is C21H28N4O3S. The standard InChI is InChI=1S/C21H28N4O3S/c1-15-4-3-9-25(11-15)12-17-5-7-18(8-6-17)22-20(26)13-29-14-21(27)23-19-10-16(2)28-24-19/h5-8,10,15H,3-4,9,11-14H2,1-2H3,(H,22,26)(H,23,24,27)/t15-/m0/s1. The predicted octanol–water partition coefficient (Wildman–Crippen LogP) is 3.53. The van der Waals surface area contributed by atoms with Gasteiger partial charge in [0.2, 0.25) is 11.8 Å². The third-order valence-corrected chi connectivity index (χ3v) is 5.68. The predicted molar refractivity (Wildman–Crippen MR) is 116 cm³/mol. The van der Waals surface area contributed by atoms with Gasteiger partial charge in [0.15, 0.2) is 5.82 Å². The molecule has 1 saturated heterocycles. The Morgan fingerprint density at radius 3 is 2.59 bits per heavy atom. The van der Waals surface area contributed by atoms with Gasteiger partial charge in [-0.3, -0.25) is 14.5 Å². The van der Waals surface area contributed by atoms with E-state index < -0.39 is 0 Å². The molecule has 2 N–H and O–H groups in total. The zero-order valence-electron chi connectivity index (χ0n) is 16.9. The number of anilines is 2. The number of thioether (sulfide) groups is 1. The van der Waals surface area contributed by atoms with E-state index >= 15 is 0 Å². The lowest BCUT2D eigenvalue weighted by atomic mass is 10.00. The Kier molecular flexibility index (Phi) is 7.71. The van der Waals surface area contributed by atoms with Crippen LogP contribution in [0.4, 0.5) is 11.5 Å². The van der Waals surface area contributed by atoms with Crippen molar-refractivity contribution in [2.24, 2.45) is 5.92 Å². The first-order valence-corrected chi connectivity index (χ1v) is 11.1. The molecule has 1 aliphatic rings. The first kappa shape index (κ1) is 21.4. The monoisotopic (exact) mass is 416 g/mol. The number of nitrogens with one attached hydrogen (secondary N) is 2. The molecule has 1 atom stereocenters. The van der Waals surface area contributed by atoms with E-state index in [0.29, 0.717) is 11.6 Å². The summed E-state index contributed by atoms with van der Waals surface area (Å²) in [6.45, 7) is 7.32. The van der Waals surface area contributed by atoms with E-state index in [1.807, 2.05) is 12.1 Å². The highest BCUT2D eigenvalue weighted by Crippen LogP contribution is 2.19. The molecule has 1 aliphatic heterocycles. The maximum atomic E-state index is 12.1. The van der Waals surface area contributed by atoms with Crippen LogP contribution in [-0.4, -0.2) is 46.5 Å². The second-order valence-corrected chi connectivity index (χ2v) is 8.58. The molecule has 0 spiro atoms. The van der Waals surface area contributed by atoms with Crippen LogP contribution in [0.25, 0.3) is 0 Å². The lowest BCUT2D eigenvalue weighted by Crippen LogP contribution is -2.33. The Labute approximate surface area is 175 Å². The van der Waals surface area contributed by atoms with Gasteiger partial charge in [-0.05, 0) is 49.9 Å². The Hall–Kier alpha value is -2.32. The number of likely N-dealkylation sites (tertiary alicyclic amines) is 1. The molecule has 2 amide bonds. The average Bonchev–Trinajstić information content (AvgIpc) is 3.08. The summed E-state index contributed by atoms with van der Waals surface area (Å²) in [6.07, 6.45) is 2.59. The molecule has 2 heterocycles. The molecule has 0 bridgehead atoms. The highest BCUT2D eigenvalue weighted by Gasteiger charge is 2.16. The van der Waals surface area contributed by atoms with Crippen molar-refractivity contribution in [3.05, 3.63) is 41.7 Å². The lowest BCUT2D eigenvalue weighted by Gasteiger charge is -2.30. The first-order chi connectivity index (χ1) is 14.0. The van der Waals surface area contributed by atoms with Gasteiger partial charge in [0.1, 0.15) is 5.76 Å². The van der Waals surface area contributed by atoms with Crippen molar-refractivity contribution in [1.29, 1.82) is 0 Å². The van der Waals surface area contributed by atoms with Crippen LogP contribution in [-0.2, 0) is 16.1 Å². The van der Waals surface area contributed by atoms with Crippen LogP contribution < -0.4 is 10.6 Å². The smallest absolute Gasteiger partial charge is 0.235 e. The largest absolute Gasteiger partial charge is 0.360 e. The number of hydrogen-bond donors (Lipinski definition) is 2. The number of rotatable bonds is 8. The Bertz CT molecular complexity index is 822. The molecule has 1 aromatic carbocycles. The van der Waals surface area contributed by atoms with Crippen LogP contribution in [0.15, 0.2) is 34.9 Å². The number of hydrogen-bond acceptors (Lipinski definition) is 6. The third-order valence-electron chi connectivity index (χ3n) is 4.75. The van der Waals surface area contributed by atoms with Crippen LogP contribution in [0.1, 0.15) is 31.1 Å². The molecule has 1 fully saturated rings. The van der Waals surface area contributed by atoms with Crippen LogP contribution in [0.5, 0.6) is 0 Å². The molecule has 1 aromatic heterocycles. The van der Waals surface area contributed by atoms with Crippen molar-refractivity contribution in [2.75, 3.05) is 35.2 Å². The third kappa shape index (κ3) is 7.21. The molecule has 0 saturated carbocycles. The van der Waals surface area contributed by atoms with Crippen molar-refractivity contribution in [1.82, 2.24) is 10.1 Å². The van der Waals surface area contributed by atoms with E-state index in [1.165, 1.54) is 30.2 Å². The highest BCUT2D eigenvalue weighted by molar-refractivity contribution is 8.00. The van der Waals surface area contributed by atoms with E-state index in [2.05, 4.69) is 39.7 Å². The van der Waals surface area contributed by atoms with Crippen molar-refractivity contribution >= 4 is 35.1 Å². The summed E-state index contributed by atoms with van der Waals surface area (Å²) in [5.41, 5.74) is 2.03. The summed E-state index contributed by atoms with van der Waals surface area (Å²) in [7, 11) is 0. The lowest BCUT2D eigenvalue weighted by molar-refractivity contribution is -0.114. The number of aryl methyl sites for hydroxylation is 1. The van der Waals surface area contributed by atoms with Crippen LogP contribution >= 0.6 is 11.8 Å². The molecule has 0 unspecified atom stereocenters. The quantitative estimate of drug-likeness (QED) is 0.685. The summed E-state index contributed by atoms with van der Waals surface area (Å²) in [4.78, 5) is 26.4. The van der Waals surface area contributed by atoms with Gasteiger partial charge in [-0.25, -0.2) is 0 Å². The minimum absolute atomic E-state index is 0.127. The Morgan fingerprint density at radius 2 is 1.93 bits per heavy atom. The van der Waals surface area contributed by atoms with Gasteiger partial charge in [-0.15, -0.1) is 11.8 Å². The summed E-state index contributed by atoms with van der Waals surface area (Å²) >= 11 is 1.25. The van der Waals surface area contributed by atoms with Gasteiger partial charge in [-0.2, -0.15) is 0 Å². The zero-order chi connectivity index (χ0) is 20.6. The number of aromatic nitrogens is 1. The van der Waals surface area contributed by atoms with Crippen molar-refractivity contribution in [3.63, 3.8) is 0 Å². The fraction of sp³-hybridized carbons (Fsp3) is 0.476. The summed E-state index contributed by atoms with van der Waals surface area (Å²) in [5, 5.41) is 9.21. The molecule has 0 radical (unpaired) electrons. The van der Waals surface area contributed by atoms with Gasteiger partial charge in [0.05, 0.1) is 11.5 Å². The van der Waals surface area contributed by atoms with Crippen LogP contribution in [0.3, 0.4) is 0 Å². The van der Waals surface area contributed by atoms with E-state index in [1.54, 1.807) is 13.0 Å². The summed E-state index contributed by atoms with van der Waals surface area (Å²) in [6, 6.07) is 9.64. The van der Waals surface area contributed by atoms with Crippen LogP contribution in [0.2, 0.25) is 0 Å². The van der Waals surface area contributed by atoms with Gasteiger partial charge in [-0.1, -0.05) is 24.2 Å². The molecule has 2 aromatic rings. The second-order valence-electron chi connectivity index (χ2n) is 7.59. The van der Waals surface area contributed by atoms with Crippen molar-refractivity contribution in [2.45, 2.75) is 33.2 Å². The molecule has 7 nitrogen and oxygen atoms in total.